The summed E-state index contributed by atoms with van der Waals surface area (Å²) in [5.41, 5.74) is 1.25. The fraction of sp³-hybridized carbons (Fsp3) is 0.310. The van der Waals surface area contributed by atoms with E-state index in [1.165, 1.54) is 23.6 Å². The molecule has 3 aromatic rings. The lowest BCUT2D eigenvalue weighted by Gasteiger charge is -2.25. The Bertz CT molecular complexity index is 1720. The molecule has 1 aromatic heterocycles. The number of aromatic nitrogens is 1. The molecule has 12 heteroatoms. The van der Waals surface area contributed by atoms with Crippen molar-refractivity contribution < 1.29 is 28.7 Å². The van der Waals surface area contributed by atoms with Gasteiger partial charge in [-0.3, -0.25) is 24.3 Å². The maximum Gasteiger partial charge on any atom is 0.338 e. The third-order valence-electron chi connectivity index (χ3n) is 6.03. The zero-order valence-electron chi connectivity index (χ0n) is 23.2. The molecule has 1 aliphatic rings. The van der Waals surface area contributed by atoms with Crippen molar-refractivity contribution in [3.63, 3.8) is 0 Å². The van der Waals surface area contributed by atoms with Gasteiger partial charge >= 0.3 is 11.9 Å². The van der Waals surface area contributed by atoms with E-state index < -0.39 is 28.5 Å². The fourth-order valence-electron chi connectivity index (χ4n) is 4.26. The van der Waals surface area contributed by atoms with Gasteiger partial charge in [-0.15, -0.1) is 0 Å². The molecule has 0 amide bonds. The smallest absolute Gasteiger partial charge is 0.338 e. The molecule has 1 aliphatic heterocycles. The Kier molecular flexibility index (Phi) is 8.82. The molecule has 0 radical (unpaired) electrons. The molecule has 214 valence electrons. The van der Waals surface area contributed by atoms with E-state index in [0.717, 1.165) is 11.3 Å². The minimum absolute atomic E-state index is 0.0638. The number of hydrogen-bond donors (Lipinski definition) is 0. The van der Waals surface area contributed by atoms with Gasteiger partial charge in [0.1, 0.15) is 0 Å². The zero-order valence-corrected chi connectivity index (χ0v) is 24.0. The summed E-state index contributed by atoms with van der Waals surface area (Å²) in [4.78, 5) is 54.4. The Morgan fingerprint density at radius 3 is 2.49 bits per heavy atom. The normalized spacial score (nSPS) is 14.9. The second-order valence-corrected chi connectivity index (χ2v) is 10.7. The Morgan fingerprint density at radius 2 is 1.88 bits per heavy atom. The molecule has 2 aromatic carbocycles. The van der Waals surface area contributed by atoms with Crippen molar-refractivity contribution in [2.24, 2.45) is 10.9 Å². The Morgan fingerprint density at radius 1 is 1.17 bits per heavy atom. The van der Waals surface area contributed by atoms with E-state index in [0.29, 0.717) is 26.2 Å². The van der Waals surface area contributed by atoms with Crippen LogP contribution in [-0.2, 0) is 14.3 Å². The first kappa shape index (κ1) is 29.4. The quantitative estimate of drug-likeness (QED) is 0.162. The topological polar surface area (TPSA) is 139 Å². The average Bonchev–Trinajstić information content (AvgIpc) is 3.21. The lowest BCUT2D eigenvalue weighted by molar-refractivity contribution is -0.384. The van der Waals surface area contributed by atoms with Crippen LogP contribution in [0.4, 0.5) is 5.69 Å². The van der Waals surface area contributed by atoms with Gasteiger partial charge in [0.2, 0.25) is 0 Å². The number of hydrogen-bond acceptors (Lipinski definition) is 10. The highest BCUT2D eigenvalue weighted by atomic mass is 32.1. The first-order valence-corrected chi connectivity index (χ1v) is 13.7. The fourth-order valence-corrected chi connectivity index (χ4v) is 5.31. The third kappa shape index (κ3) is 6.43. The highest BCUT2D eigenvalue weighted by Crippen LogP contribution is 2.36. The van der Waals surface area contributed by atoms with Crippen LogP contribution in [0.25, 0.3) is 6.08 Å². The van der Waals surface area contributed by atoms with Crippen molar-refractivity contribution in [1.82, 2.24) is 4.57 Å². The summed E-state index contributed by atoms with van der Waals surface area (Å²) < 4.78 is 18.3. The summed E-state index contributed by atoms with van der Waals surface area (Å²) in [5, 5.41) is 11.0. The second-order valence-electron chi connectivity index (χ2n) is 9.66. The number of carbonyl (C=O) groups excluding carboxylic acids is 2. The number of allylic oxidation sites excluding steroid dienone is 1. The molecule has 1 atom stereocenters. The van der Waals surface area contributed by atoms with Crippen molar-refractivity contribution in [2.45, 2.75) is 40.7 Å². The van der Waals surface area contributed by atoms with Crippen LogP contribution in [0.1, 0.15) is 51.8 Å². The van der Waals surface area contributed by atoms with Crippen molar-refractivity contribution in [2.75, 3.05) is 13.2 Å². The maximum atomic E-state index is 13.8. The molecule has 41 heavy (non-hydrogen) atoms. The van der Waals surface area contributed by atoms with Gasteiger partial charge in [0.25, 0.3) is 11.2 Å². The number of nitrogens with zero attached hydrogens (tertiary/aromatic N) is 3. The van der Waals surface area contributed by atoms with Crippen LogP contribution in [0.5, 0.6) is 11.5 Å². The minimum atomic E-state index is -0.907. The third-order valence-corrected chi connectivity index (χ3v) is 7.01. The SMILES string of the molecule is CCOc1cc([C@H]2C(C(=O)OCC(C)C)=C(C)N=c3s/c(=C\c4ccc([N+](=O)[O-])cc4)c(=O)n32)ccc1OC(C)=O. The number of nitro benzene ring substituents is 1. The van der Waals surface area contributed by atoms with Crippen molar-refractivity contribution in [1.29, 1.82) is 0 Å². The summed E-state index contributed by atoms with van der Waals surface area (Å²) in [5.74, 6) is -0.548. The lowest BCUT2D eigenvalue weighted by atomic mass is 9.95. The number of carbonyl (C=O) groups is 2. The number of thiazole rings is 1. The largest absolute Gasteiger partial charge is 0.490 e. The van der Waals surface area contributed by atoms with Gasteiger partial charge in [0.05, 0.1) is 40.0 Å². The maximum absolute atomic E-state index is 13.8. The van der Waals surface area contributed by atoms with Crippen LogP contribution in [0, 0.1) is 16.0 Å². The Hall–Kier alpha value is -4.58. The van der Waals surface area contributed by atoms with E-state index in [4.69, 9.17) is 14.2 Å². The number of esters is 2. The van der Waals surface area contributed by atoms with E-state index in [2.05, 4.69) is 4.99 Å². The Labute approximate surface area is 239 Å². The summed E-state index contributed by atoms with van der Waals surface area (Å²) >= 11 is 1.13. The summed E-state index contributed by atoms with van der Waals surface area (Å²) in [7, 11) is 0. The molecule has 0 N–H and O–H groups in total. The van der Waals surface area contributed by atoms with Gasteiger partial charge in [0.15, 0.2) is 16.3 Å². The summed E-state index contributed by atoms with van der Waals surface area (Å²) in [6, 6.07) is 9.77. The predicted octanol–water partition coefficient (Wildman–Crippen LogP) is 3.67. The van der Waals surface area contributed by atoms with Crippen LogP contribution in [0.15, 0.2) is 63.5 Å². The molecule has 2 heterocycles. The number of fused-ring (bicyclic) bond motifs is 1. The van der Waals surface area contributed by atoms with Crippen LogP contribution in [-0.4, -0.2) is 34.6 Å². The van der Waals surface area contributed by atoms with E-state index in [1.54, 1.807) is 50.3 Å². The minimum Gasteiger partial charge on any atom is -0.490 e. The molecule has 0 saturated heterocycles. The van der Waals surface area contributed by atoms with Crippen LogP contribution in [0.2, 0.25) is 0 Å². The van der Waals surface area contributed by atoms with Gasteiger partial charge in [-0.25, -0.2) is 9.79 Å². The zero-order chi connectivity index (χ0) is 29.8. The molecule has 0 aliphatic carbocycles. The number of ether oxygens (including phenoxy) is 3. The van der Waals surface area contributed by atoms with Crippen LogP contribution >= 0.6 is 11.3 Å². The monoisotopic (exact) mass is 579 g/mol. The lowest BCUT2D eigenvalue weighted by Crippen LogP contribution is -2.40. The van der Waals surface area contributed by atoms with E-state index >= 15 is 0 Å². The van der Waals surface area contributed by atoms with E-state index in [-0.39, 0.29) is 41.9 Å². The highest BCUT2D eigenvalue weighted by molar-refractivity contribution is 7.07. The number of nitro groups is 1. The summed E-state index contributed by atoms with van der Waals surface area (Å²) in [6.07, 6.45) is 1.62. The molecule has 4 rings (SSSR count). The predicted molar refractivity (Wildman–Crippen MR) is 152 cm³/mol. The molecule has 11 nitrogen and oxygen atoms in total. The van der Waals surface area contributed by atoms with Crippen LogP contribution < -0.4 is 24.4 Å². The first-order valence-electron chi connectivity index (χ1n) is 12.9. The van der Waals surface area contributed by atoms with Gasteiger partial charge in [0, 0.05) is 19.1 Å². The van der Waals surface area contributed by atoms with E-state index in [1.807, 2.05) is 13.8 Å². The average molecular weight is 580 g/mol. The molecule has 0 saturated carbocycles. The van der Waals surface area contributed by atoms with Gasteiger partial charge in [-0.05, 0) is 61.2 Å². The van der Waals surface area contributed by atoms with Crippen molar-refractivity contribution >= 4 is 35.0 Å². The van der Waals surface area contributed by atoms with Crippen molar-refractivity contribution in [3.05, 3.63) is 94.7 Å². The Balaban J connectivity index is 1.91. The molecule has 0 fully saturated rings. The number of benzene rings is 2. The molecule has 0 spiro atoms. The van der Waals surface area contributed by atoms with Crippen LogP contribution in [0.3, 0.4) is 0 Å². The number of rotatable bonds is 9. The van der Waals surface area contributed by atoms with Gasteiger partial charge in [-0.2, -0.15) is 0 Å². The standard InChI is InChI=1S/C29H29N3O8S/c1-6-38-23-14-20(9-12-22(23)40-18(5)33)26-25(28(35)39-15-16(2)3)17(4)30-29-31(26)27(34)24(41-29)13-19-7-10-21(11-8-19)32(36)37/h7-14,16,26H,6,15H2,1-5H3/b24-13-/t26-/m0/s1. The second kappa shape index (κ2) is 12.3. The summed E-state index contributed by atoms with van der Waals surface area (Å²) in [6.45, 7) is 9.05. The van der Waals surface area contributed by atoms with Crippen molar-refractivity contribution in [3.8, 4) is 11.5 Å². The molecule has 0 bridgehead atoms. The molecular weight excluding hydrogens is 550 g/mol. The molecular formula is C29H29N3O8S. The first-order chi connectivity index (χ1) is 19.5. The highest BCUT2D eigenvalue weighted by Gasteiger charge is 2.34. The van der Waals surface area contributed by atoms with Gasteiger partial charge < -0.3 is 14.2 Å². The van der Waals surface area contributed by atoms with E-state index in [9.17, 15) is 24.5 Å². The molecule has 0 unspecified atom stereocenters. The number of non-ortho nitro benzene ring substituents is 1. The van der Waals surface area contributed by atoms with Gasteiger partial charge in [-0.1, -0.05) is 31.3 Å².